The number of benzene rings is 2. The number of amides is 1. The number of nitrogens with one attached hydrogen (secondary N) is 2. The fraction of sp³-hybridized carbons (Fsp3) is 0.240. The molecule has 3 heterocycles. The van der Waals surface area contributed by atoms with Crippen LogP contribution in [-0.4, -0.2) is 59.0 Å². The zero-order valence-electron chi connectivity index (χ0n) is 18.2. The van der Waals surface area contributed by atoms with Crippen LogP contribution in [0.25, 0.3) is 22.4 Å². The average molecular weight is 427 g/mol. The van der Waals surface area contributed by atoms with E-state index >= 15 is 0 Å². The summed E-state index contributed by atoms with van der Waals surface area (Å²) in [6.07, 6.45) is 4.64. The molecule has 7 heteroatoms. The first-order valence-electron chi connectivity index (χ1n) is 10.8. The van der Waals surface area contributed by atoms with E-state index < -0.39 is 0 Å². The number of aromatic nitrogens is 3. The first kappa shape index (κ1) is 20.2. The van der Waals surface area contributed by atoms with Gasteiger partial charge in [-0.05, 0) is 75.1 Å². The number of fused-ring (bicyclic) bond motifs is 1. The van der Waals surface area contributed by atoms with Crippen LogP contribution in [-0.2, 0) is 0 Å². The monoisotopic (exact) mass is 426 g/mol. The van der Waals surface area contributed by atoms with Crippen molar-refractivity contribution in [2.24, 2.45) is 0 Å². The van der Waals surface area contributed by atoms with Crippen LogP contribution in [0.2, 0.25) is 0 Å². The Hall–Kier alpha value is -3.71. The summed E-state index contributed by atoms with van der Waals surface area (Å²) in [6.45, 7) is 2.09. The highest BCUT2D eigenvalue weighted by Gasteiger charge is 2.24. The molecule has 1 aliphatic heterocycles. The van der Waals surface area contributed by atoms with Crippen LogP contribution in [0, 0.1) is 0 Å². The van der Waals surface area contributed by atoms with Crippen molar-refractivity contribution < 1.29 is 4.79 Å². The number of hydrogen-bond donors (Lipinski definition) is 2. The molecule has 2 N–H and O–H groups in total. The lowest BCUT2D eigenvalue weighted by molar-refractivity contribution is 0.102. The number of nitrogens with zero attached hydrogens (tertiary/aromatic N) is 4. The molecule has 0 radical (unpaired) electrons. The predicted octanol–water partition coefficient (Wildman–Crippen LogP) is 4.02. The first-order chi connectivity index (χ1) is 15.6. The molecule has 1 saturated heterocycles. The van der Waals surface area contributed by atoms with Crippen molar-refractivity contribution in [2.75, 3.05) is 37.4 Å². The minimum absolute atomic E-state index is 0.151. The molecule has 4 aromatic rings. The molecule has 1 unspecified atom stereocenters. The molecule has 0 bridgehead atoms. The van der Waals surface area contributed by atoms with E-state index in [0.29, 0.717) is 11.6 Å². The lowest BCUT2D eigenvalue weighted by Crippen LogP contribution is -2.31. The van der Waals surface area contributed by atoms with Gasteiger partial charge in [0, 0.05) is 54.0 Å². The minimum Gasteiger partial charge on any atom is -0.370 e. The number of hydrogen-bond acceptors (Lipinski definition) is 5. The molecule has 162 valence electrons. The van der Waals surface area contributed by atoms with E-state index in [2.05, 4.69) is 56.3 Å². The fourth-order valence-corrected chi connectivity index (χ4v) is 4.15. The molecule has 0 aliphatic carbocycles. The second kappa shape index (κ2) is 8.43. The molecule has 1 fully saturated rings. The van der Waals surface area contributed by atoms with Crippen LogP contribution in [0.1, 0.15) is 16.8 Å². The number of carbonyl (C=O) groups is 1. The summed E-state index contributed by atoms with van der Waals surface area (Å²) >= 11 is 0. The smallest absolute Gasteiger partial charge is 0.255 e. The lowest BCUT2D eigenvalue weighted by atomic mass is 10.2. The summed E-state index contributed by atoms with van der Waals surface area (Å²) in [6, 6.07) is 18.0. The van der Waals surface area contributed by atoms with Crippen molar-refractivity contribution in [3.63, 3.8) is 0 Å². The lowest BCUT2D eigenvalue weighted by Gasteiger charge is -2.22. The average Bonchev–Trinajstić information content (AvgIpc) is 3.47. The predicted molar refractivity (Wildman–Crippen MR) is 128 cm³/mol. The third-order valence-electron chi connectivity index (χ3n) is 6.08. The van der Waals surface area contributed by atoms with Gasteiger partial charge in [-0.3, -0.25) is 9.78 Å². The van der Waals surface area contributed by atoms with Crippen LogP contribution in [0.4, 0.5) is 11.4 Å². The molecule has 32 heavy (non-hydrogen) atoms. The second-order valence-corrected chi connectivity index (χ2v) is 8.41. The summed E-state index contributed by atoms with van der Waals surface area (Å²) in [5.41, 5.74) is 5.14. The van der Waals surface area contributed by atoms with Gasteiger partial charge in [-0.25, -0.2) is 4.98 Å². The molecule has 1 atom stereocenters. The molecule has 0 spiro atoms. The first-order valence-corrected chi connectivity index (χ1v) is 10.8. The van der Waals surface area contributed by atoms with Crippen molar-refractivity contribution in [1.29, 1.82) is 0 Å². The molecular weight excluding hydrogens is 400 g/mol. The van der Waals surface area contributed by atoms with E-state index in [1.807, 2.05) is 42.5 Å². The second-order valence-electron chi connectivity index (χ2n) is 8.41. The number of H-pyrrole nitrogens is 1. The van der Waals surface area contributed by atoms with Gasteiger partial charge in [-0.2, -0.15) is 0 Å². The van der Waals surface area contributed by atoms with Crippen molar-refractivity contribution >= 4 is 28.3 Å². The van der Waals surface area contributed by atoms with Gasteiger partial charge in [0.2, 0.25) is 0 Å². The van der Waals surface area contributed by atoms with Gasteiger partial charge in [0.05, 0.1) is 11.0 Å². The number of imidazole rings is 1. The highest BCUT2D eigenvalue weighted by molar-refractivity contribution is 6.06. The molecule has 2 aromatic carbocycles. The highest BCUT2D eigenvalue weighted by atomic mass is 16.1. The number of carbonyl (C=O) groups excluding carboxylic acids is 1. The highest BCUT2D eigenvalue weighted by Crippen LogP contribution is 2.25. The summed E-state index contributed by atoms with van der Waals surface area (Å²) in [4.78, 5) is 29.5. The van der Waals surface area contributed by atoms with E-state index in [4.69, 9.17) is 0 Å². The number of rotatable bonds is 5. The molecule has 0 saturated carbocycles. The van der Waals surface area contributed by atoms with Crippen LogP contribution in [0.3, 0.4) is 0 Å². The summed E-state index contributed by atoms with van der Waals surface area (Å²) < 4.78 is 0. The quantitative estimate of drug-likeness (QED) is 0.504. The maximum absolute atomic E-state index is 12.8. The Morgan fingerprint density at radius 3 is 2.59 bits per heavy atom. The van der Waals surface area contributed by atoms with E-state index in [1.165, 1.54) is 12.1 Å². The van der Waals surface area contributed by atoms with E-state index in [1.54, 1.807) is 12.4 Å². The Morgan fingerprint density at radius 2 is 1.88 bits per heavy atom. The van der Waals surface area contributed by atoms with Gasteiger partial charge in [-0.1, -0.05) is 0 Å². The van der Waals surface area contributed by atoms with E-state index in [-0.39, 0.29) is 5.91 Å². The van der Waals surface area contributed by atoms with Crippen LogP contribution < -0.4 is 10.2 Å². The molecule has 1 amide bonds. The Bertz CT molecular complexity index is 1230. The molecular formula is C25H26N6O. The molecule has 2 aromatic heterocycles. The van der Waals surface area contributed by atoms with Crippen LogP contribution >= 0.6 is 0 Å². The van der Waals surface area contributed by atoms with Gasteiger partial charge in [0.1, 0.15) is 5.82 Å². The summed E-state index contributed by atoms with van der Waals surface area (Å²) in [5, 5.41) is 2.99. The zero-order chi connectivity index (χ0) is 22.1. The van der Waals surface area contributed by atoms with Gasteiger partial charge in [0.15, 0.2) is 0 Å². The molecule has 1 aliphatic rings. The SMILES string of the molecule is CN(C)C1CCN(c2ccc(NC(=O)c3ccc4[nH]c(-c5ccncc5)nc4c3)cc2)C1. The van der Waals surface area contributed by atoms with Gasteiger partial charge >= 0.3 is 0 Å². The number of anilines is 2. The largest absolute Gasteiger partial charge is 0.370 e. The third kappa shape index (κ3) is 4.07. The van der Waals surface area contributed by atoms with Crippen molar-refractivity contribution in [3.8, 4) is 11.4 Å². The maximum atomic E-state index is 12.8. The van der Waals surface area contributed by atoms with Crippen molar-refractivity contribution in [3.05, 3.63) is 72.6 Å². The van der Waals surface area contributed by atoms with Crippen LogP contribution in [0.5, 0.6) is 0 Å². The normalized spacial score (nSPS) is 16.1. The topological polar surface area (TPSA) is 77.1 Å². The summed E-state index contributed by atoms with van der Waals surface area (Å²) in [7, 11) is 4.26. The minimum atomic E-state index is -0.151. The Labute approximate surface area is 187 Å². The number of pyridine rings is 1. The standard InChI is InChI=1S/C25H26N6O/c1-30(2)21-11-14-31(16-21)20-6-4-19(5-7-20)27-25(32)18-3-8-22-23(15-18)29-24(28-22)17-9-12-26-13-10-17/h3-10,12-13,15,21H,11,14,16H2,1-2H3,(H,27,32)(H,28,29). The summed E-state index contributed by atoms with van der Waals surface area (Å²) in [5.74, 6) is 0.607. The maximum Gasteiger partial charge on any atom is 0.255 e. The van der Waals surface area contributed by atoms with E-state index in [9.17, 15) is 4.79 Å². The van der Waals surface area contributed by atoms with Gasteiger partial charge < -0.3 is 20.1 Å². The molecule has 5 rings (SSSR count). The number of aromatic amines is 1. The van der Waals surface area contributed by atoms with Crippen molar-refractivity contribution in [2.45, 2.75) is 12.5 Å². The fourth-order valence-electron chi connectivity index (χ4n) is 4.15. The Kier molecular flexibility index (Phi) is 5.33. The van der Waals surface area contributed by atoms with Crippen LogP contribution in [0.15, 0.2) is 67.0 Å². The third-order valence-corrected chi connectivity index (χ3v) is 6.08. The Morgan fingerprint density at radius 1 is 1.09 bits per heavy atom. The molecule has 7 nitrogen and oxygen atoms in total. The van der Waals surface area contributed by atoms with Crippen molar-refractivity contribution in [1.82, 2.24) is 19.9 Å². The van der Waals surface area contributed by atoms with E-state index in [0.717, 1.165) is 41.2 Å². The number of likely N-dealkylation sites (N-methyl/N-ethyl adjacent to an activating group) is 1. The van der Waals surface area contributed by atoms with Gasteiger partial charge in [0.25, 0.3) is 5.91 Å². The van der Waals surface area contributed by atoms with Gasteiger partial charge in [-0.15, -0.1) is 0 Å². The zero-order valence-corrected chi connectivity index (χ0v) is 18.2. The Balaban J connectivity index is 1.28.